The van der Waals surface area contributed by atoms with Crippen molar-refractivity contribution < 1.29 is 28.2 Å². The third kappa shape index (κ3) is 6.89. The zero-order valence-electron chi connectivity index (χ0n) is 19.2. The van der Waals surface area contributed by atoms with Crippen LogP contribution in [-0.2, 0) is 14.3 Å². The largest absolute Gasteiger partial charge is 0.452 e. The number of halogens is 1. The minimum Gasteiger partial charge on any atom is -0.452 e. The summed E-state index contributed by atoms with van der Waals surface area (Å²) in [4.78, 5) is 36.7. The van der Waals surface area contributed by atoms with E-state index in [4.69, 9.17) is 9.47 Å². The van der Waals surface area contributed by atoms with Gasteiger partial charge in [0.25, 0.3) is 5.91 Å². The van der Waals surface area contributed by atoms with Gasteiger partial charge < -0.3 is 14.8 Å². The quantitative estimate of drug-likeness (QED) is 0.517. The van der Waals surface area contributed by atoms with Crippen molar-refractivity contribution in [2.24, 2.45) is 0 Å². The number of ether oxygens (including phenoxy) is 2. The number of aromatic nitrogens is 2. The molecule has 0 saturated carbocycles. The van der Waals surface area contributed by atoms with E-state index in [0.29, 0.717) is 22.9 Å². The Bertz CT molecular complexity index is 1200. The van der Waals surface area contributed by atoms with Gasteiger partial charge in [-0.1, -0.05) is 6.07 Å². The third-order valence-electron chi connectivity index (χ3n) is 4.25. The number of hydrogen-bond donors (Lipinski definition) is 2. The molecule has 0 spiro atoms. The van der Waals surface area contributed by atoms with E-state index in [9.17, 15) is 18.8 Å². The molecule has 3 aromatic rings. The van der Waals surface area contributed by atoms with Gasteiger partial charge in [0.2, 0.25) is 0 Å². The van der Waals surface area contributed by atoms with Gasteiger partial charge in [-0.3, -0.25) is 10.1 Å². The van der Waals surface area contributed by atoms with Crippen LogP contribution in [0, 0.1) is 12.7 Å². The Balaban J connectivity index is 1.59. The minimum atomic E-state index is -0.744. The predicted octanol–water partition coefficient (Wildman–Crippen LogP) is 4.46. The lowest BCUT2D eigenvalue weighted by Gasteiger charge is -2.19. The molecule has 0 aliphatic heterocycles. The van der Waals surface area contributed by atoms with Crippen molar-refractivity contribution in [1.29, 1.82) is 0 Å². The Kier molecular flexibility index (Phi) is 7.30. The van der Waals surface area contributed by atoms with E-state index in [1.165, 1.54) is 41.1 Å². The number of nitrogens with one attached hydrogen (secondary N) is 2. The van der Waals surface area contributed by atoms with Gasteiger partial charge in [-0.15, -0.1) is 0 Å². The molecule has 0 radical (unpaired) electrons. The van der Waals surface area contributed by atoms with Crippen LogP contribution < -0.4 is 10.6 Å². The monoisotopic (exact) mass is 468 g/mol. The summed E-state index contributed by atoms with van der Waals surface area (Å²) in [6.07, 6.45) is -0.662. The summed E-state index contributed by atoms with van der Waals surface area (Å²) >= 11 is 0. The molecule has 10 heteroatoms. The molecule has 0 aliphatic rings. The molecule has 2 aromatic carbocycles. The molecule has 0 fully saturated rings. The highest BCUT2D eigenvalue weighted by Gasteiger charge is 2.18. The number of rotatable bonds is 6. The number of anilines is 2. The van der Waals surface area contributed by atoms with Crippen LogP contribution in [0.15, 0.2) is 54.6 Å². The summed E-state index contributed by atoms with van der Waals surface area (Å²) in [5, 5.41) is 9.45. The Morgan fingerprint density at radius 2 is 1.74 bits per heavy atom. The van der Waals surface area contributed by atoms with E-state index in [1.54, 1.807) is 45.9 Å². The fraction of sp³-hybridized carbons (Fsp3) is 0.250. The average molecular weight is 468 g/mol. The molecular weight excluding hydrogens is 443 g/mol. The van der Waals surface area contributed by atoms with Crippen LogP contribution in [0.1, 0.15) is 36.8 Å². The lowest BCUT2D eigenvalue weighted by Crippen LogP contribution is -2.27. The summed E-state index contributed by atoms with van der Waals surface area (Å²) in [5.41, 5.74) is 1.00. The lowest BCUT2D eigenvalue weighted by atomic mass is 10.2. The Morgan fingerprint density at radius 3 is 2.41 bits per heavy atom. The van der Waals surface area contributed by atoms with Crippen LogP contribution >= 0.6 is 0 Å². The van der Waals surface area contributed by atoms with E-state index in [1.807, 2.05) is 0 Å². The van der Waals surface area contributed by atoms with E-state index < -0.39 is 36.0 Å². The molecular formula is C24H25FN4O5. The van der Waals surface area contributed by atoms with Crippen molar-refractivity contribution in [2.75, 3.05) is 17.2 Å². The van der Waals surface area contributed by atoms with Crippen LogP contribution in [0.3, 0.4) is 0 Å². The van der Waals surface area contributed by atoms with E-state index in [2.05, 4.69) is 15.7 Å². The van der Waals surface area contributed by atoms with Crippen molar-refractivity contribution in [3.05, 3.63) is 71.7 Å². The number of amides is 2. The van der Waals surface area contributed by atoms with Gasteiger partial charge in [-0.2, -0.15) is 5.10 Å². The first kappa shape index (κ1) is 24.4. The predicted molar refractivity (Wildman–Crippen MR) is 123 cm³/mol. The first-order valence-electron chi connectivity index (χ1n) is 10.4. The van der Waals surface area contributed by atoms with Gasteiger partial charge in [0.1, 0.15) is 17.2 Å². The van der Waals surface area contributed by atoms with Gasteiger partial charge >= 0.3 is 12.1 Å². The molecule has 0 bridgehead atoms. The summed E-state index contributed by atoms with van der Waals surface area (Å²) < 4.78 is 24.9. The molecule has 2 amide bonds. The third-order valence-corrected chi connectivity index (χ3v) is 4.25. The van der Waals surface area contributed by atoms with Crippen LogP contribution in [0.5, 0.6) is 0 Å². The maximum atomic E-state index is 13.2. The molecule has 0 unspecified atom stereocenters. The lowest BCUT2D eigenvalue weighted by molar-refractivity contribution is -0.119. The Hall–Kier alpha value is -4.21. The van der Waals surface area contributed by atoms with Crippen molar-refractivity contribution in [3.8, 4) is 5.69 Å². The molecule has 1 heterocycles. The number of carbonyl (C=O) groups excluding carboxylic acids is 3. The second-order valence-corrected chi connectivity index (χ2v) is 8.39. The number of benzene rings is 2. The zero-order chi connectivity index (χ0) is 24.9. The number of carbonyl (C=O) groups is 3. The molecule has 34 heavy (non-hydrogen) atoms. The van der Waals surface area contributed by atoms with Crippen molar-refractivity contribution >= 4 is 29.5 Å². The topological polar surface area (TPSA) is 112 Å². The Morgan fingerprint density at radius 1 is 1.03 bits per heavy atom. The summed E-state index contributed by atoms with van der Waals surface area (Å²) in [6, 6.07) is 13.3. The average Bonchev–Trinajstić information content (AvgIpc) is 3.11. The minimum absolute atomic E-state index is 0.147. The summed E-state index contributed by atoms with van der Waals surface area (Å²) in [5.74, 6) is -1.38. The molecule has 178 valence electrons. The Labute approximate surface area is 195 Å². The van der Waals surface area contributed by atoms with Crippen molar-refractivity contribution in [3.63, 3.8) is 0 Å². The van der Waals surface area contributed by atoms with Crippen LogP contribution in [-0.4, -0.2) is 40.0 Å². The van der Waals surface area contributed by atoms with Crippen LogP contribution in [0.2, 0.25) is 0 Å². The molecule has 9 nitrogen and oxygen atoms in total. The molecule has 2 N–H and O–H groups in total. The number of nitrogens with zero attached hydrogens (tertiary/aromatic N) is 2. The van der Waals surface area contributed by atoms with Gasteiger partial charge in [-0.05, 0) is 70.2 Å². The van der Waals surface area contributed by atoms with Gasteiger partial charge in [0.05, 0.1) is 16.9 Å². The molecule has 0 saturated heterocycles. The van der Waals surface area contributed by atoms with Crippen molar-refractivity contribution in [1.82, 2.24) is 9.78 Å². The number of hydrogen-bond acceptors (Lipinski definition) is 6. The van der Waals surface area contributed by atoms with Crippen LogP contribution in [0.25, 0.3) is 5.69 Å². The maximum Gasteiger partial charge on any atom is 0.412 e. The van der Waals surface area contributed by atoms with Gasteiger partial charge in [0.15, 0.2) is 6.61 Å². The standard InChI is InChI=1S/C24H25FN4O5/c1-15-12-20(29(28-15)19-10-8-17(25)9-11-19)27-21(30)14-33-22(31)16-6-5-7-18(13-16)26-23(32)34-24(2,3)4/h5-13H,14H2,1-4H3,(H,26,32)(H,27,30). The van der Waals surface area contributed by atoms with E-state index in [0.717, 1.165) is 0 Å². The highest BCUT2D eigenvalue weighted by Crippen LogP contribution is 2.18. The molecule has 1 aromatic heterocycles. The normalized spacial score (nSPS) is 11.0. The summed E-state index contributed by atoms with van der Waals surface area (Å²) in [6.45, 7) is 6.41. The van der Waals surface area contributed by atoms with Crippen LogP contribution in [0.4, 0.5) is 20.7 Å². The second-order valence-electron chi connectivity index (χ2n) is 8.39. The highest BCUT2D eigenvalue weighted by molar-refractivity contribution is 5.96. The number of aryl methyl sites for hydroxylation is 1. The van der Waals surface area contributed by atoms with Crippen molar-refractivity contribution in [2.45, 2.75) is 33.3 Å². The zero-order valence-corrected chi connectivity index (χ0v) is 19.2. The van der Waals surface area contributed by atoms with E-state index in [-0.39, 0.29) is 5.56 Å². The fourth-order valence-corrected chi connectivity index (χ4v) is 2.91. The molecule has 0 atom stereocenters. The fourth-order valence-electron chi connectivity index (χ4n) is 2.91. The summed E-state index contributed by atoms with van der Waals surface area (Å²) in [7, 11) is 0. The molecule has 0 aliphatic carbocycles. The smallest absolute Gasteiger partial charge is 0.412 e. The maximum absolute atomic E-state index is 13.2. The van der Waals surface area contributed by atoms with Gasteiger partial charge in [0, 0.05) is 11.8 Å². The van der Waals surface area contributed by atoms with Gasteiger partial charge in [-0.25, -0.2) is 18.7 Å². The molecule has 3 rings (SSSR count). The first-order valence-corrected chi connectivity index (χ1v) is 10.4. The second kappa shape index (κ2) is 10.2. The van der Waals surface area contributed by atoms with E-state index >= 15 is 0 Å². The first-order chi connectivity index (χ1) is 16.0. The number of esters is 1. The SMILES string of the molecule is Cc1cc(NC(=O)COC(=O)c2cccc(NC(=O)OC(C)(C)C)c2)n(-c2ccc(F)cc2)n1. The highest BCUT2D eigenvalue weighted by atomic mass is 19.1.